The number of aliphatic hydroxyl groups is 1. The molecule has 1 aliphatic rings. The molecule has 1 aliphatic heterocycles. The third-order valence-electron chi connectivity index (χ3n) is 3.25. The number of hydrogen-bond acceptors (Lipinski definition) is 8. The van der Waals surface area contributed by atoms with Gasteiger partial charge < -0.3 is 15.6 Å². The SMILES string of the molecule is Nc1ncnc2c1ncn2[C@H]1C[C@@H](O)[C@@H](CO[P+](=O)O)O1. The molecule has 1 saturated heterocycles. The van der Waals surface area contributed by atoms with Gasteiger partial charge in [0.05, 0.1) is 12.4 Å². The molecular formula is C10H13N5O5P+. The fourth-order valence-electron chi connectivity index (χ4n) is 2.25. The van der Waals surface area contributed by atoms with E-state index in [9.17, 15) is 9.67 Å². The minimum atomic E-state index is -2.72. The lowest BCUT2D eigenvalue weighted by molar-refractivity contribution is -0.0384. The van der Waals surface area contributed by atoms with Crippen LogP contribution < -0.4 is 5.73 Å². The number of hydrogen-bond donors (Lipinski definition) is 3. The molecule has 0 amide bonds. The summed E-state index contributed by atoms with van der Waals surface area (Å²) in [6.45, 7) is -0.173. The maximum absolute atomic E-state index is 10.5. The second kappa shape index (κ2) is 5.58. The Balaban J connectivity index is 1.81. The molecule has 112 valence electrons. The van der Waals surface area contributed by atoms with Gasteiger partial charge >= 0.3 is 8.25 Å². The smallest absolute Gasteiger partial charge is 0.390 e. The molecule has 1 fully saturated rings. The highest BCUT2D eigenvalue weighted by Crippen LogP contribution is 2.32. The molecule has 0 spiro atoms. The first kappa shape index (κ1) is 14.2. The van der Waals surface area contributed by atoms with E-state index in [0.717, 1.165) is 0 Å². The largest absolute Gasteiger partial charge is 0.694 e. The van der Waals surface area contributed by atoms with Crippen molar-refractivity contribution in [1.82, 2.24) is 19.5 Å². The summed E-state index contributed by atoms with van der Waals surface area (Å²) in [5.74, 6) is 0.259. The van der Waals surface area contributed by atoms with Crippen molar-refractivity contribution >= 4 is 25.2 Å². The van der Waals surface area contributed by atoms with E-state index in [1.54, 1.807) is 4.57 Å². The van der Waals surface area contributed by atoms with Crippen LogP contribution in [-0.2, 0) is 13.8 Å². The maximum atomic E-state index is 10.5. The Bertz CT molecular complexity index is 679. The number of anilines is 1. The van der Waals surface area contributed by atoms with Crippen molar-refractivity contribution in [2.75, 3.05) is 12.3 Å². The van der Waals surface area contributed by atoms with Gasteiger partial charge in [-0.2, -0.15) is 0 Å². The molecule has 10 nitrogen and oxygen atoms in total. The standard InChI is InChI=1S/C10H12N5O5P/c11-9-8-10(13-3-12-9)15(4-14-8)7-1-5(16)6(20-7)2-19-21(17)18/h3-7,16H,1-2H2,(H2-,11,12,13,17,18)/p+1/t5-,6-,7-/m1/s1. The zero-order valence-electron chi connectivity index (χ0n) is 10.7. The lowest BCUT2D eigenvalue weighted by Crippen LogP contribution is -2.25. The van der Waals surface area contributed by atoms with Gasteiger partial charge in [-0.3, -0.25) is 4.57 Å². The van der Waals surface area contributed by atoms with Gasteiger partial charge in [0.25, 0.3) is 0 Å². The molecule has 1 unspecified atom stereocenters. The summed E-state index contributed by atoms with van der Waals surface area (Å²) in [6, 6.07) is 0. The molecule has 0 bridgehead atoms. The number of ether oxygens (including phenoxy) is 1. The summed E-state index contributed by atoms with van der Waals surface area (Å²) in [6.07, 6.45) is 1.08. The average molecular weight is 314 g/mol. The molecule has 2 aromatic rings. The Morgan fingerprint density at radius 3 is 3.10 bits per heavy atom. The lowest BCUT2D eigenvalue weighted by atomic mass is 10.2. The van der Waals surface area contributed by atoms with Crippen LogP contribution in [0.5, 0.6) is 0 Å². The van der Waals surface area contributed by atoms with Gasteiger partial charge in [0.2, 0.25) is 0 Å². The van der Waals surface area contributed by atoms with Gasteiger partial charge in [0.1, 0.15) is 30.8 Å². The number of fused-ring (bicyclic) bond motifs is 1. The first-order chi connectivity index (χ1) is 10.1. The zero-order chi connectivity index (χ0) is 15.0. The van der Waals surface area contributed by atoms with E-state index in [1.165, 1.54) is 12.7 Å². The van der Waals surface area contributed by atoms with Gasteiger partial charge in [0.15, 0.2) is 11.5 Å². The van der Waals surface area contributed by atoms with Crippen LogP contribution in [0.25, 0.3) is 11.2 Å². The predicted molar refractivity (Wildman–Crippen MR) is 70.0 cm³/mol. The summed E-state index contributed by atoms with van der Waals surface area (Å²) in [7, 11) is -2.72. The molecule has 4 N–H and O–H groups in total. The van der Waals surface area contributed by atoms with Crippen LogP contribution in [0.2, 0.25) is 0 Å². The minimum absolute atomic E-state index is 0.173. The number of aliphatic hydroxyl groups excluding tert-OH is 1. The van der Waals surface area contributed by atoms with E-state index in [2.05, 4.69) is 19.5 Å². The minimum Gasteiger partial charge on any atom is -0.390 e. The van der Waals surface area contributed by atoms with Crippen LogP contribution in [0.15, 0.2) is 12.7 Å². The van der Waals surface area contributed by atoms with Crippen LogP contribution in [0, 0.1) is 0 Å². The van der Waals surface area contributed by atoms with E-state index >= 15 is 0 Å². The quantitative estimate of drug-likeness (QED) is 0.648. The fraction of sp³-hybridized carbons (Fsp3) is 0.500. The van der Waals surface area contributed by atoms with E-state index < -0.39 is 26.7 Å². The zero-order valence-corrected chi connectivity index (χ0v) is 11.6. The summed E-state index contributed by atoms with van der Waals surface area (Å²) in [5, 5.41) is 9.93. The maximum Gasteiger partial charge on any atom is 0.694 e. The van der Waals surface area contributed by atoms with Crippen LogP contribution >= 0.6 is 8.25 Å². The molecule has 21 heavy (non-hydrogen) atoms. The molecule has 11 heteroatoms. The fourth-order valence-corrected chi connectivity index (χ4v) is 2.53. The number of rotatable bonds is 4. The van der Waals surface area contributed by atoms with Crippen molar-refractivity contribution in [3.63, 3.8) is 0 Å². The van der Waals surface area contributed by atoms with E-state index in [4.69, 9.17) is 15.4 Å². The summed E-state index contributed by atoms with van der Waals surface area (Å²) in [4.78, 5) is 20.7. The Kier molecular flexibility index (Phi) is 3.79. The predicted octanol–water partition coefficient (Wildman–Crippen LogP) is -0.277. The average Bonchev–Trinajstić information content (AvgIpc) is 3.01. The first-order valence-corrected chi connectivity index (χ1v) is 7.25. The van der Waals surface area contributed by atoms with Gasteiger partial charge in [-0.25, -0.2) is 15.0 Å². The Morgan fingerprint density at radius 2 is 2.33 bits per heavy atom. The van der Waals surface area contributed by atoms with Crippen LogP contribution in [-0.4, -0.2) is 48.3 Å². The second-order valence-corrected chi connectivity index (χ2v) is 5.28. The topological polar surface area (TPSA) is 146 Å². The van der Waals surface area contributed by atoms with Crippen LogP contribution in [0.3, 0.4) is 0 Å². The highest BCUT2D eigenvalue weighted by molar-refractivity contribution is 7.32. The molecular weight excluding hydrogens is 301 g/mol. The summed E-state index contributed by atoms with van der Waals surface area (Å²) >= 11 is 0. The number of nitrogens with zero attached hydrogens (tertiary/aromatic N) is 4. The lowest BCUT2D eigenvalue weighted by Gasteiger charge is -2.13. The summed E-state index contributed by atoms with van der Waals surface area (Å²) in [5.41, 5.74) is 6.65. The molecule has 0 saturated carbocycles. The van der Waals surface area contributed by atoms with E-state index in [-0.39, 0.29) is 18.8 Å². The summed E-state index contributed by atoms with van der Waals surface area (Å²) < 4.78 is 22.4. The number of aromatic nitrogens is 4. The van der Waals surface area contributed by atoms with Gasteiger partial charge in [-0.1, -0.05) is 0 Å². The molecule has 0 aromatic carbocycles. The van der Waals surface area contributed by atoms with Crippen molar-refractivity contribution in [2.45, 2.75) is 24.9 Å². The Hall–Kier alpha value is -1.71. The highest BCUT2D eigenvalue weighted by Gasteiger charge is 2.37. The van der Waals surface area contributed by atoms with Crippen molar-refractivity contribution in [3.05, 3.63) is 12.7 Å². The number of imidazole rings is 1. The highest BCUT2D eigenvalue weighted by atomic mass is 31.1. The van der Waals surface area contributed by atoms with Gasteiger partial charge in [-0.15, -0.1) is 9.42 Å². The van der Waals surface area contributed by atoms with E-state index in [0.29, 0.717) is 11.2 Å². The second-order valence-electron chi connectivity index (χ2n) is 4.55. The molecule has 0 radical (unpaired) electrons. The molecule has 2 aromatic heterocycles. The van der Waals surface area contributed by atoms with Crippen molar-refractivity contribution in [1.29, 1.82) is 0 Å². The third-order valence-corrected chi connectivity index (χ3v) is 3.62. The monoisotopic (exact) mass is 314 g/mol. The third kappa shape index (κ3) is 2.71. The molecule has 3 rings (SSSR count). The van der Waals surface area contributed by atoms with Crippen LogP contribution in [0.4, 0.5) is 5.82 Å². The van der Waals surface area contributed by atoms with Crippen LogP contribution in [0.1, 0.15) is 12.6 Å². The van der Waals surface area contributed by atoms with E-state index in [1.807, 2.05) is 0 Å². The number of nitrogen functional groups attached to an aromatic ring is 1. The van der Waals surface area contributed by atoms with Crippen molar-refractivity contribution in [2.24, 2.45) is 0 Å². The molecule has 3 heterocycles. The molecule has 4 atom stereocenters. The molecule has 0 aliphatic carbocycles. The Labute approximate surface area is 119 Å². The normalized spacial score (nSPS) is 26.4. The number of nitrogens with two attached hydrogens (primary N) is 1. The van der Waals surface area contributed by atoms with Gasteiger partial charge in [-0.05, 0) is 0 Å². The Morgan fingerprint density at radius 1 is 1.52 bits per heavy atom. The van der Waals surface area contributed by atoms with Crippen molar-refractivity contribution in [3.8, 4) is 0 Å². The first-order valence-electron chi connectivity index (χ1n) is 6.12. The van der Waals surface area contributed by atoms with Crippen molar-refractivity contribution < 1.29 is 23.8 Å². The van der Waals surface area contributed by atoms with Gasteiger partial charge in [0, 0.05) is 11.0 Å².